The number of rotatable bonds is 4. The molecule has 0 aromatic carbocycles. The summed E-state index contributed by atoms with van der Waals surface area (Å²) in [5.41, 5.74) is 5.79. The van der Waals surface area contributed by atoms with Gasteiger partial charge in [-0.25, -0.2) is 4.98 Å². The van der Waals surface area contributed by atoms with Crippen molar-refractivity contribution in [3.63, 3.8) is 0 Å². The molecule has 72 valence electrons. The number of carbonyl (C=O) groups excluding carboxylic acids is 1. The lowest BCUT2D eigenvalue weighted by Gasteiger charge is -2.01. The first kappa shape index (κ1) is 9.57. The second kappa shape index (κ2) is 4.49. The number of nitrogens with two attached hydrogens (primary N) is 1. The van der Waals surface area contributed by atoms with Crippen LogP contribution in [0.5, 0.6) is 0 Å². The number of nitrogens with one attached hydrogen (secondary N) is 2. The van der Waals surface area contributed by atoms with Crippen molar-refractivity contribution < 1.29 is 4.79 Å². The second-order valence-electron chi connectivity index (χ2n) is 2.77. The summed E-state index contributed by atoms with van der Waals surface area (Å²) >= 11 is 0. The number of imidazole rings is 1. The molecule has 0 unspecified atom stereocenters. The average Bonchev–Trinajstić information content (AvgIpc) is 2.52. The quantitative estimate of drug-likeness (QED) is 0.593. The molecule has 0 atom stereocenters. The summed E-state index contributed by atoms with van der Waals surface area (Å²) in [5, 5.41) is 2.74. The fourth-order valence-electron chi connectivity index (χ4n) is 0.954. The number of nitrogen functional groups attached to an aromatic ring is 1. The number of aromatic nitrogens is 2. The summed E-state index contributed by atoms with van der Waals surface area (Å²) in [6.07, 6.45) is 3.43. The highest BCUT2D eigenvalue weighted by molar-refractivity contribution is 5.96. The standard InChI is InChI=1S/C8H14N4O/c1-2-3-4-10-8(13)6-7(9)12-5-11-6/h5H,2-4,9H2,1H3,(H,10,13)(H,11,12). The van der Waals surface area contributed by atoms with Crippen LogP contribution < -0.4 is 11.1 Å². The highest BCUT2D eigenvalue weighted by Crippen LogP contribution is 2.02. The number of anilines is 1. The zero-order valence-corrected chi connectivity index (χ0v) is 7.63. The maximum Gasteiger partial charge on any atom is 0.271 e. The molecule has 1 heterocycles. The molecule has 1 rings (SSSR count). The van der Waals surface area contributed by atoms with E-state index in [9.17, 15) is 4.79 Å². The van der Waals surface area contributed by atoms with Gasteiger partial charge in [0.1, 0.15) is 5.69 Å². The maximum atomic E-state index is 11.3. The van der Waals surface area contributed by atoms with Gasteiger partial charge < -0.3 is 16.0 Å². The Morgan fingerprint density at radius 3 is 3.08 bits per heavy atom. The average molecular weight is 182 g/mol. The van der Waals surface area contributed by atoms with Gasteiger partial charge in [0, 0.05) is 6.54 Å². The fourth-order valence-corrected chi connectivity index (χ4v) is 0.954. The van der Waals surface area contributed by atoms with Crippen LogP contribution in [0.25, 0.3) is 0 Å². The van der Waals surface area contributed by atoms with Gasteiger partial charge in [-0.15, -0.1) is 0 Å². The summed E-state index contributed by atoms with van der Waals surface area (Å²) in [6.45, 7) is 2.74. The van der Waals surface area contributed by atoms with E-state index in [4.69, 9.17) is 5.73 Å². The van der Waals surface area contributed by atoms with E-state index in [-0.39, 0.29) is 11.7 Å². The summed E-state index contributed by atoms with van der Waals surface area (Å²) in [7, 11) is 0. The van der Waals surface area contributed by atoms with Crippen molar-refractivity contribution in [2.45, 2.75) is 19.8 Å². The number of hydrogen-bond donors (Lipinski definition) is 3. The smallest absolute Gasteiger partial charge is 0.271 e. The first-order chi connectivity index (χ1) is 6.25. The van der Waals surface area contributed by atoms with E-state index in [1.807, 2.05) is 0 Å². The predicted molar refractivity (Wildman–Crippen MR) is 50.2 cm³/mol. The Labute approximate surface area is 76.7 Å². The van der Waals surface area contributed by atoms with Crippen molar-refractivity contribution in [2.24, 2.45) is 0 Å². The van der Waals surface area contributed by atoms with Crippen LogP contribution in [0.2, 0.25) is 0 Å². The molecule has 5 heteroatoms. The van der Waals surface area contributed by atoms with Crippen LogP contribution in [-0.2, 0) is 0 Å². The third-order valence-electron chi connectivity index (χ3n) is 1.71. The van der Waals surface area contributed by atoms with Crippen LogP contribution in [0.4, 0.5) is 5.82 Å². The number of hydrogen-bond acceptors (Lipinski definition) is 3. The van der Waals surface area contributed by atoms with Crippen molar-refractivity contribution in [1.29, 1.82) is 0 Å². The molecule has 0 spiro atoms. The molecule has 0 aliphatic carbocycles. The van der Waals surface area contributed by atoms with Gasteiger partial charge in [-0.1, -0.05) is 13.3 Å². The van der Waals surface area contributed by atoms with Crippen molar-refractivity contribution in [2.75, 3.05) is 12.3 Å². The van der Waals surface area contributed by atoms with Gasteiger partial charge in [-0.05, 0) is 6.42 Å². The van der Waals surface area contributed by atoms with Gasteiger partial charge in [0.15, 0.2) is 5.82 Å². The number of amides is 1. The Balaban J connectivity index is 2.45. The molecule has 1 aromatic rings. The Morgan fingerprint density at radius 1 is 1.77 bits per heavy atom. The zero-order chi connectivity index (χ0) is 9.68. The number of unbranched alkanes of at least 4 members (excludes halogenated alkanes) is 1. The molecule has 0 aliphatic heterocycles. The van der Waals surface area contributed by atoms with Crippen molar-refractivity contribution in [3.05, 3.63) is 12.0 Å². The topological polar surface area (TPSA) is 83.8 Å². The third kappa shape index (κ3) is 2.47. The molecule has 0 saturated carbocycles. The van der Waals surface area contributed by atoms with Gasteiger partial charge in [-0.3, -0.25) is 4.79 Å². The largest absolute Gasteiger partial charge is 0.382 e. The Morgan fingerprint density at radius 2 is 2.54 bits per heavy atom. The maximum absolute atomic E-state index is 11.3. The molecule has 5 nitrogen and oxygen atoms in total. The highest BCUT2D eigenvalue weighted by Gasteiger charge is 2.10. The second-order valence-corrected chi connectivity index (χ2v) is 2.77. The minimum Gasteiger partial charge on any atom is -0.382 e. The van der Waals surface area contributed by atoms with Crippen LogP contribution in [0.15, 0.2) is 6.33 Å². The fraction of sp³-hybridized carbons (Fsp3) is 0.500. The van der Waals surface area contributed by atoms with Gasteiger partial charge in [-0.2, -0.15) is 0 Å². The molecule has 4 N–H and O–H groups in total. The lowest BCUT2D eigenvalue weighted by Crippen LogP contribution is -2.25. The summed E-state index contributed by atoms with van der Waals surface area (Å²) < 4.78 is 0. The highest BCUT2D eigenvalue weighted by atomic mass is 16.1. The Kier molecular flexibility index (Phi) is 3.31. The molecule has 0 aliphatic rings. The van der Waals surface area contributed by atoms with Crippen LogP contribution in [0, 0.1) is 0 Å². The van der Waals surface area contributed by atoms with E-state index in [1.165, 1.54) is 6.33 Å². The predicted octanol–water partition coefficient (Wildman–Crippen LogP) is 0.522. The third-order valence-corrected chi connectivity index (χ3v) is 1.71. The first-order valence-corrected chi connectivity index (χ1v) is 4.32. The molecule has 0 saturated heterocycles. The van der Waals surface area contributed by atoms with E-state index >= 15 is 0 Å². The molecule has 13 heavy (non-hydrogen) atoms. The molecule has 0 bridgehead atoms. The van der Waals surface area contributed by atoms with E-state index < -0.39 is 0 Å². The minimum atomic E-state index is -0.191. The number of carbonyl (C=O) groups is 1. The summed E-state index contributed by atoms with van der Waals surface area (Å²) in [5.74, 6) is 0.0532. The van der Waals surface area contributed by atoms with Crippen molar-refractivity contribution in [1.82, 2.24) is 15.3 Å². The summed E-state index contributed by atoms with van der Waals surface area (Å²) in [6, 6.07) is 0. The van der Waals surface area contributed by atoms with Crippen molar-refractivity contribution >= 4 is 11.7 Å². The van der Waals surface area contributed by atoms with E-state index in [2.05, 4.69) is 22.2 Å². The normalized spacial score (nSPS) is 9.92. The van der Waals surface area contributed by atoms with Crippen LogP contribution >= 0.6 is 0 Å². The number of nitrogens with zero attached hydrogens (tertiary/aromatic N) is 1. The summed E-state index contributed by atoms with van der Waals surface area (Å²) in [4.78, 5) is 17.8. The molecular formula is C8H14N4O. The molecule has 0 fully saturated rings. The lowest BCUT2D eigenvalue weighted by molar-refractivity contribution is 0.0949. The van der Waals surface area contributed by atoms with Crippen LogP contribution in [0.1, 0.15) is 30.3 Å². The Hall–Kier alpha value is -1.52. The molecular weight excluding hydrogens is 168 g/mol. The molecule has 1 amide bonds. The van der Waals surface area contributed by atoms with Gasteiger partial charge >= 0.3 is 0 Å². The van der Waals surface area contributed by atoms with Crippen LogP contribution in [-0.4, -0.2) is 22.4 Å². The molecule has 1 aromatic heterocycles. The lowest BCUT2D eigenvalue weighted by atomic mass is 10.3. The van der Waals surface area contributed by atoms with Gasteiger partial charge in [0.2, 0.25) is 0 Å². The zero-order valence-electron chi connectivity index (χ0n) is 7.63. The van der Waals surface area contributed by atoms with Crippen molar-refractivity contribution in [3.8, 4) is 0 Å². The number of aromatic amines is 1. The van der Waals surface area contributed by atoms with E-state index in [0.29, 0.717) is 12.2 Å². The minimum absolute atomic E-state index is 0.191. The number of H-pyrrole nitrogens is 1. The Bertz CT molecular complexity index is 281. The monoisotopic (exact) mass is 182 g/mol. The van der Waals surface area contributed by atoms with Gasteiger partial charge in [0.25, 0.3) is 5.91 Å². The van der Waals surface area contributed by atoms with E-state index in [1.54, 1.807) is 0 Å². The van der Waals surface area contributed by atoms with E-state index in [0.717, 1.165) is 12.8 Å². The van der Waals surface area contributed by atoms with Gasteiger partial charge in [0.05, 0.1) is 6.33 Å². The SMILES string of the molecule is CCCCNC(=O)c1[nH]cnc1N. The first-order valence-electron chi connectivity index (χ1n) is 4.32. The molecule has 0 radical (unpaired) electrons. The van der Waals surface area contributed by atoms with Crippen LogP contribution in [0.3, 0.4) is 0 Å².